The van der Waals surface area contributed by atoms with E-state index in [0.717, 1.165) is 5.56 Å². The predicted molar refractivity (Wildman–Crippen MR) is 83.7 cm³/mol. The molecule has 2 aliphatic rings. The first-order valence-corrected chi connectivity index (χ1v) is 8.20. The molecule has 4 heteroatoms. The zero-order valence-corrected chi connectivity index (χ0v) is 12.8. The van der Waals surface area contributed by atoms with Gasteiger partial charge in [-0.15, -0.1) is 0 Å². The highest BCUT2D eigenvalue weighted by atomic mass is 16.5. The lowest BCUT2D eigenvalue weighted by Crippen LogP contribution is -2.44. The van der Waals surface area contributed by atoms with Crippen LogP contribution in [0.25, 0.3) is 0 Å². The minimum atomic E-state index is 0.283. The van der Waals surface area contributed by atoms with E-state index in [1.54, 1.807) is 0 Å². The maximum Gasteiger partial charge on any atom is 0.162 e. The third kappa shape index (κ3) is 3.16. The molecular weight excluding hydrogens is 264 g/mol. The van der Waals surface area contributed by atoms with Crippen molar-refractivity contribution in [3.63, 3.8) is 0 Å². The maximum atomic E-state index is 10.3. The van der Waals surface area contributed by atoms with E-state index in [1.807, 2.05) is 25.1 Å². The first kappa shape index (κ1) is 14.7. The SMILES string of the molecule is CCOc1cccc(CNC2CCN3CCCCC23)c1O. The number of hydrogen-bond acceptors (Lipinski definition) is 4. The molecule has 2 heterocycles. The number of fused-ring (bicyclic) bond motifs is 1. The van der Waals surface area contributed by atoms with Crippen molar-refractivity contribution in [2.24, 2.45) is 0 Å². The Morgan fingerprint density at radius 1 is 1.29 bits per heavy atom. The standard InChI is InChI=1S/C17H26N2O2/c1-2-21-16-8-5-6-13(17(16)20)12-18-14-9-11-19-10-4-3-7-15(14)19/h5-6,8,14-15,18,20H,2-4,7,9-12H2,1H3. The van der Waals surface area contributed by atoms with Crippen LogP contribution in [-0.2, 0) is 6.54 Å². The van der Waals surface area contributed by atoms with Gasteiger partial charge in [-0.3, -0.25) is 4.90 Å². The topological polar surface area (TPSA) is 44.7 Å². The second-order valence-electron chi connectivity index (χ2n) is 6.07. The summed E-state index contributed by atoms with van der Waals surface area (Å²) >= 11 is 0. The molecule has 116 valence electrons. The summed E-state index contributed by atoms with van der Waals surface area (Å²) in [5, 5.41) is 13.9. The largest absolute Gasteiger partial charge is 0.504 e. The molecule has 2 atom stereocenters. The smallest absolute Gasteiger partial charge is 0.162 e. The summed E-state index contributed by atoms with van der Waals surface area (Å²) < 4.78 is 5.45. The van der Waals surface area contributed by atoms with Crippen molar-refractivity contribution in [3.8, 4) is 11.5 Å². The van der Waals surface area contributed by atoms with Crippen LogP contribution in [0.4, 0.5) is 0 Å². The van der Waals surface area contributed by atoms with E-state index in [2.05, 4.69) is 10.2 Å². The van der Waals surface area contributed by atoms with E-state index < -0.39 is 0 Å². The molecule has 3 rings (SSSR count). The van der Waals surface area contributed by atoms with Crippen molar-refractivity contribution in [1.82, 2.24) is 10.2 Å². The van der Waals surface area contributed by atoms with E-state index in [1.165, 1.54) is 38.8 Å². The molecule has 0 saturated carbocycles. The lowest BCUT2D eigenvalue weighted by Gasteiger charge is -2.32. The lowest BCUT2D eigenvalue weighted by molar-refractivity contribution is 0.180. The van der Waals surface area contributed by atoms with Crippen molar-refractivity contribution in [1.29, 1.82) is 0 Å². The van der Waals surface area contributed by atoms with Crippen LogP contribution in [0.3, 0.4) is 0 Å². The number of phenolic OH excluding ortho intramolecular Hbond substituents is 1. The number of piperidine rings is 1. The Kier molecular flexibility index (Phi) is 4.66. The highest BCUT2D eigenvalue weighted by Crippen LogP contribution is 2.31. The van der Waals surface area contributed by atoms with Crippen LogP contribution in [0.2, 0.25) is 0 Å². The third-order valence-electron chi connectivity index (χ3n) is 4.79. The van der Waals surface area contributed by atoms with E-state index in [-0.39, 0.29) is 5.75 Å². The molecule has 2 fully saturated rings. The van der Waals surface area contributed by atoms with Gasteiger partial charge in [0.25, 0.3) is 0 Å². The molecule has 2 saturated heterocycles. The van der Waals surface area contributed by atoms with Crippen LogP contribution in [0, 0.1) is 0 Å². The number of para-hydroxylation sites is 1. The minimum Gasteiger partial charge on any atom is -0.504 e. The summed E-state index contributed by atoms with van der Waals surface area (Å²) in [7, 11) is 0. The van der Waals surface area contributed by atoms with E-state index in [9.17, 15) is 5.11 Å². The van der Waals surface area contributed by atoms with E-state index >= 15 is 0 Å². The van der Waals surface area contributed by atoms with Crippen molar-refractivity contribution < 1.29 is 9.84 Å². The summed E-state index contributed by atoms with van der Waals surface area (Å²) in [5.74, 6) is 0.868. The average Bonchev–Trinajstić information content (AvgIpc) is 2.92. The van der Waals surface area contributed by atoms with Crippen molar-refractivity contribution in [2.45, 2.75) is 51.2 Å². The number of phenols is 1. The van der Waals surface area contributed by atoms with E-state index in [4.69, 9.17) is 4.74 Å². The fourth-order valence-corrected chi connectivity index (χ4v) is 3.71. The highest BCUT2D eigenvalue weighted by Gasteiger charge is 2.35. The fourth-order valence-electron chi connectivity index (χ4n) is 3.71. The maximum absolute atomic E-state index is 10.3. The first-order chi connectivity index (χ1) is 10.3. The van der Waals surface area contributed by atoms with Crippen LogP contribution in [-0.4, -0.2) is 41.8 Å². The van der Waals surface area contributed by atoms with Crippen LogP contribution >= 0.6 is 0 Å². The predicted octanol–water partition coefficient (Wildman–Crippen LogP) is 2.51. The number of aromatic hydroxyl groups is 1. The van der Waals surface area contributed by atoms with E-state index in [0.29, 0.717) is 31.0 Å². The van der Waals surface area contributed by atoms with Crippen LogP contribution in [0.15, 0.2) is 18.2 Å². The third-order valence-corrected chi connectivity index (χ3v) is 4.79. The number of ether oxygens (including phenoxy) is 1. The Balaban J connectivity index is 1.61. The number of benzene rings is 1. The van der Waals surface area contributed by atoms with Gasteiger partial charge in [0.05, 0.1) is 6.61 Å². The van der Waals surface area contributed by atoms with Gasteiger partial charge in [0.15, 0.2) is 11.5 Å². The van der Waals surface area contributed by atoms with Gasteiger partial charge in [-0.05, 0) is 38.8 Å². The fraction of sp³-hybridized carbons (Fsp3) is 0.647. The van der Waals surface area contributed by atoms with Crippen LogP contribution in [0.5, 0.6) is 11.5 Å². The van der Waals surface area contributed by atoms with Crippen LogP contribution in [0.1, 0.15) is 38.2 Å². The van der Waals surface area contributed by atoms with Crippen molar-refractivity contribution >= 4 is 0 Å². The number of hydrogen-bond donors (Lipinski definition) is 2. The molecule has 0 aliphatic carbocycles. The summed E-state index contributed by atoms with van der Waals surface area (Å²) in [6, 6.07) is 6.99. The molecule has 1 aromatic carbocycles. The Bertz CT molecular complexity index is 478. The number of nitrogens with one attached hydrogen (secondary N) is 1. The van der Waals surface area contributed by atoms with Gasteiger partial charge in [0.2, 0.25) is 0 Å². The molecule has 2 aliphatic heterocycles. The second kappa shape index (κ2) is 6.67. The average molecular weight is 290 g/mol. The zero-order valence-electron chi connectivity index (χ0n) is 12.8. The first-order valence-electron chi connectivity index (χ1n) is 8.20. The summed E-state index contributed by atoms with van der Waals surface area (Å²) in [6.45, 7) is 5.69. The summed E-state index contributed by atoms with van der Waals surface area (Å²) in [5.41, 5.74) is 0.926. The summed E-state index contributed by atoms with van der Waals surface area (Å²) in [4.78, 5) is 2.62. The van der Waals surface area contributed by atoms with Gasteiger partial charge in [0, 0.05) is 30.7 Å². The molecule has 0 bridgehead atoms. The monoisotopic (exact) mass is 290 g/mol. The number of nitrogens with zero attached hydrogens (tertiary/aromatic N) is 1. The van der Waals surface area contributed by atoms with Crippen molar-refractivity contribution in [3.05, 3.63) is 23.8 Å². The van der Waals surface area contributed by atoms with Gasteiger partial charge in [0.1, 0.15) is 0 Å². The molecule has 21 heavy (non-hydrogen) atoms. The zero-order chi connectivity index (χ0) is 14.7. The van der Waals surface area contributed by atoms with Gasteiger partial charge < -0.3 is 15.2 Å². The molecule has 1 aromatic rings. The Hall–Kier alpha value is -1.26. The molecular formula is C17H26N2O2. The van der Waals surface area contributed by atoms with Gasteiger partial charge in [-0.25, -0.2) is 0 Å². The van der Waals surface area contributed by atoms with Gasteiger partial charge in [-0.1, -0.05) is 18.6 Å². The van der Waals surface area contributed by atoms with Gasteiger partial charge in [-0.2, -0.15) is 0 Å². The Morgan fingerprint density at radius 2 is 2.19 bits per heavy atom. The minimum absolute atomic E-state index is 0.283. The number of rotatable bonds is 5. The molecule has 0 amide bonds. The molecule has 0 aromatic heterocycles. The quantitative estimate of drug-likeness (QED) is 0.874. The van der Waals surface area contributed by atoms with Gasteiger partial charge >= 0.3 is 0 Å². The molecule has 2 unspecified atom stereocenters. The molecule has 0 spiro atoms. The summed E-state index contributed by atoms with van der Waals surface area (Å²) in [6.07, 6.45) is 5.23. The lowest BCUT2D eigenvalue weighted by atomic mass is 9.99. The second-order valence-corrected chi connectivity index (χ2v) is 6.07. The van der Waals surface area contributed by atoms with Crippen LogP contribution < -0.4 is 10.1 Å². The Labute approximate surface area is 127 Å². The Morgan fingerprint density at radius 3 is 3.05 bits per heavy atom. The highest BCUT2D eigenvalue weighted by molar-refractivity contribution is 5.45. The molecule has 2 N–H and O–H groups in total. The molecule has 0 radical (unpaired) electrons. The normalized spacial score (nSPS) is 25.8. The van der Waals surface area contributed by atoms with Crippen molar-refractivity contribution in [2.75, 3.05) is 19.7 Å². The molecule has 4 nitrogen and oxygen atoms in total.